The molecule has 0 saturated heterocycles. The number of rotatable bonds is 6. The molecule has 0 aromatic heterocycles. The summed E-state index contributed by atoms with van der Waals surface area (Å²) in [4.78, 5) is 11.6. The molecule has 0 amide bonds. The molecule has 1 fully saturated rings. The molecule has 4 nitrogen and oxygen atoms in total. The van der Waals surface area contributed by atoms with Crippen molar-refractivity contribution in [2.45, 2.75) is 64.2 Å². The predicted octanol–water partition coefficient (Wildman–Crippen LogP) is 1.61. The number of hydrogen-bond acceptors (Lipinski definition) is 4. The number of nitrogens with two attached hydrogens (primary N) is 1. The smallest absolute Gasteiger partial charge is 0.325 e. The maximum absolute atomic E-state index is 11.6. The first-order chi connectivity index (χ1) is 7.45. The maximum Gasteiger partial charge on any atom is 0.325 e. The van der Waals surface area contributed by atoms with E-state index in [-0.39, 0.29) is 12.1 Å². The lowest BCUT2D eigenvalue weighted by Crippen LogP contribution is -2.49. The van der Waals surface area contributed by atoms with Gasteiger partial charge in [0.05, 0.1) is 18.8 Å². The summed E-state index contributed by atoms with van der Waals surface area (Å²) >= 11 is 0. The largest absolute Gasteiger partial charge is 0.465 e. The van der Waals surface area contributed by atoms with E-state index in [0.29, 0.717) is 19.1 Å². The third kappa shape index (κ3) is 3.76. The van der Waals surface area contributed by atoms with Crippen LogP contribution in [0.1, 0.15) is 46.5 Å². The highest BCUT2D eigenvalue weighted by Crippen LogP contribution is 2.25. The predicted molar refractivity (Wildman–Crippen MR) is 62.0 cm³/mol. The quantitative estimate of drug-likeness (QED) is 0.703. The number of carbonyl (C=O) groups excluding carboxylic acids is 1. The molecule has 2 N–H and O–H groups in total. The molecule has 1 aliphatic carbocycles. The van der Waals surface area contributed by atoms with E-state index in [1.165, 1.54) is 6.42 Å². The molecule has 2 atom stereocenters. The van der Waals surface area contributed by atoms with E-state index >= 15 is 0 Å². The average molecular weight is 229 g/mol. The highest BCUT2D eigenvalue weighted by atomic mass is 16.5. The highest BCUT2D eigenvalue weighted by molar-refractivity contribution is 5.80. The van der Waals surface area contributed by atoms with Crippen LogP contribution in [-0.2, 0) is 14.3 Å². The summed E-state index contributed by atoms with van der Waals surface area (Å²) in [5.41, 5.74) is 4.98. The molecular formula is C12H23NO3. The number of esters is 1. The van der Waals surface area contributed by atoms with Gasteiger partial charge in [0, 0.05) is 6.42 Å². The Kier molecular flexibility index (Phi) is 4.74. The maximum atomic E-state index is 11.6. The molecule has 16 heavy (non-hydrogen) atoms. The van der Waals surface area contributed by atoms with Gasteiger partial charge in [0.15, 0.2) is 0 Å². The van der Waals surface area contributed by atoms with Gasteiger partial charge in [-0.1, -0.05) is 0 Å². The van der Waals surface area contributed by atoms with Crippen molar-refractivity contribution in [3.05, 3.63) is 0 Å². The van der Waals surface area contributed by atoms with Gasteiger partial charge in [-0.2, -0.15) is 0 Å². The van der Waals surface area contributed by atoms with Crippen LogP contribution in [0.3, 0.4) is 0 Å². The first-order valence-electron chi connectivity index (χ1n) is 6.07. The summed E-state index contributed by atoms with van der Waals surface area (Å²) in [6.07, 6.45) is 4.38. The number of ether oxygens (including phenoxy) is 2. The fourth-order valence-electron chi connectivity index (χ4n) is 1.86. The Labute approximate surface area is 97.5 Å². The second-order valence-electron chi connectivity index (χ2n) is 4.84. The van der Waals surface area contributed by atoms with E-state index in [2.05, 4.69) is 0 Å². The third-order valence-electron chi connectivity index (χ3n) is 2.93. The van der Waals surface area contributed by atoms with E-state index in [1.807, 2.05) is 6.92 Å². The van der Waals surface area contributed by atoms with Crippen molar-refractivity contribution in [3.8, 4) is 0 Å². The molecule has 0 aromatic carbocycles. The molecule has 1 rings (SSSR count). The molecule has 4 heteroatoms. The Hall–Kier alpha value is -0.610. The second-order valence-corrected chi connectivity index (χ2v) is 4.84. The number of carbonyl (C=O) groups is 1. The van der Waals surface area contributed by atoms with Crippen molar-refractivity contribution in [2.75, 3.05) is 6.61 Å². The van der Waals surface area contributed by atoms with Gasteiger partial charge in [-0.05, 0) is 40.0 Å². The van der Waals surface area contributed by atoms with Gasteiger partial charge in [-0.25, -0.2) is 0 Å². The van der Waals surface area contributed by atoms with Crippen LogP contribution in [0.4, 0.5) is 0 Å². The SMILES string of the molecule is CCOC(=O)C(C)(N)CC(C)OC1CCC1. The van der Waals surface area contributed by atoms with E-state index < -0.39 is 5.54 Å². The van der Waals surface area contributed by atoms with E-state index in [1.54, 1.807) is 13.8 Å². The Morgan fingerprint density at radius 3 is 2.62 bits per heavy atom. The molecule has 1 saturated carbocycles. The Balaban J connectivity index is 2.34. The summed E-state index contributed by atoms with van der Waals surface area (Å²) in [6.45, 7) is 5.81. The minimum absolute atomic E-state index is 0.00436. The molecule has 1 aliphatic rings. The van der Waals surface area contributed by atoms with E-state index in [0.717, 1.165) is 12.8 Å². The summed E-state index contributed by atoms with van der Waals surface area (Å²) < 4.78 is 10.7. The van der Waals surface area contributed by atoms with Gasteiger partial charge in [0.25, 0.3) is 0 Å². The molecule has 94 valence electrons. The number of hydrogen-bond donors (Lipinski definition) is 1. The Morgan fingerprint density at radius 2 is 2.19 bits per heavy atom. The molecule has 0 heterocycles. The zero-order chi connectivity index (χ0) is 12.2. The van der Waals surface area contributed by atoms with Crippen molar-refractivity contribution in [1.29, 1.82) is 0 Å². The van der Waals surface area contributed by atoms with Crippen molar-refractivity contribution in [1.82, 2.24) is 0 Å². The molecule has 0 spiro atoms. The molecular weight excluding hydrogens is 206 g/mol. The van der Waals surface area contributed by atoms with Crippen molar-refractivity contribution >= 4 is 5.97 Å². The van der Waals surface area contributed by atoms with Gasteiger partial charge < -0.3 is 15.2 Å². The van der Waals surface area contributed by atoms with Crippen molar-refractivity contribution in [2.24, 2.45) is 5.73 Å². The van der Waals surface area contributed by atoms with Crippen molar-refractivity contribution in [3.63, 3.8) is 0 Å². The van der Waals surface area contributed by atoms with Gasteiger partial charge in [-0.15, -0.1) is 0 Å². The van der Waals surface area contributed by atoms with Gasteiger partial charge >= 0.3 is 5.97 Å². The van der Waals surface area contributed by atoms with Crippen LogP contribution in [0.2, 0.25) is 0 Å². The summed E-state index contributed by atoms with van der Waals surface area (Å²) in [5.74, 6) is -0.348. The zero-order valence-electron chi connectivity index (χ0n) is 10.5. The van der Waals surface area contributed by atoms with Crippen molar-refractivity contribution < 1.29 is 14.3 Å². The first kappa shape index (κ1) is 13.5. The fraction of sp³-hybridized carbons (Fsp3) is 0.917. The molecule has 2 unspecified atom stereocenters. The summed E-state index contributed by atoms with van der Waals surface area (Å²) in [6, 6.07) is 0. The summed E-state index contributed by atoms with van der Waals surface area (Å²) in [7, 11) is 0. The van der Waals surface area contributed by atoms with E-state index in [9.17, 15) is 4.79 Å². The van der Waals surface area contributed by atoms with E-state index in [4.69, 9.17) is 15.2 Å². The van der Waals surface area contributed by atoms with Crippen LogP contribution in [0.25, 0.3) is 0 Å². The molecule has 0 aliphatic heterocycles. The average Bonchev–Trinajstić information content (AvgIpc) is 2.11. The lowest BCUT2D eigenvalue weighted by Gasteiger charge is -2.32. The van der Waals surface area contributed by atoms with Gasteiger partial charge in [0.1, 0.15) is 5.54 Å². The summed E-state index contributed by atoms with van der Waals surface area (Å²) in [5, 5.41) is 0. The van der Waals surface area contributed by atoms with Crippen LogP contribution in [0.15, 0.2) is 0 Å². The third-order valence-corrected chi connectivity index (χ3v) is 2.93. The topological polar surface area (TPSA) is 61.5 Å². The standard InChI is InChI=1S/C12H23NO3/c1-4-15-11(14)12(3,13)8-9(2)16-10-6-5-7-10/h9-10H,4-8,13H2,1-3H3. The van der Waals surface area contributed by atoms with Gasteiger partial charge in [0.2, 0.25) is 0 Å². The van der Waals surface area contributed by atoms with Crippen LogP contribution >= 0.6 is 0 Å². The first-order valence-corrected chi connectivity index (χ1v) is 6.07. The zero-order valence-corrected chi connectivity index (χ0v) is 10.5. The minimum atomic E-state index is -0.945. The monoisotopic (exact) mass is 229 g/mol. The lowest BCUT2D eigenvalue weighted by molar-refractivity contribution is -0.151. The highest BCUT2D eigenvalue weighted by Gasteiger charge is 2.33. The molecule has 0 aromatic rings. The van der Waals surface area contributed by atoms with Crippen LogP contribution < -0.4 is 5.73 Å². The van der Waals surface area contributed by atoms with Crippen LogP contribution in [0.5, 0.6) is 0 Å². The van der Waals surface area contributed by atoms with Gasteiger partial charge in [-0.3, -0.25) is 4.79 Å². The molecule has 0 bridgehead atoms. The van der Waals surface area contributed by atoms with Crippen LogP contribution in [-0.4, -0.2) is 30.3 Å². The minimum Gasteiger partial charge on any atom is -0.465 e. The fourth-order valence-corrected chi connectivity index (χ4v) is 1.86. The Bertz CT molecular complexity index is 236. The Morgan fingerprint density at radius 1 is 1.56 bits per heavy atom. The normalized spacial score (nSPS) is 22.0. The second kappa shape index (κ2) is 5.64. The van der Waals surface area contributed by atoms with Crippen LogP contribution in [0, 0.1) is 0 Å². The molecule has 0 radical (unpaired) electrons. The lowest BCUT2D eigenvalue weighted by atomic mass is 9.93.